The number of hydrogen-bond donors (Lipinski definition) is 3. The van der Waals surface area contributed by atoms with Crippen LogP contribution in [-0.2, 0) is 51.7 Å². The molecule has 1 fully saturated rings. The molecular weight excluding hydrogens is 1030 g/mol. The molecule has 4 rings (SSSR count). The number of benzene rings is 1. The number of nitro groups is 1. The maximum atomic E-state index is 13.2. The lowest BCUT2D eigenvalue weighted by Gasteiger charge is -2.31. The average Bonchev–Trinajstić information content (AvgIpc) is 3.82. The summed E-state index contributed by atoms with van der Waals surface area (Å²) in [6, 6.07) is 5.03. The lowest BCUT2D eigenvalue weighted by Crippen LogP contribution is -2.40. The molecule has 1 saturated heterocycles. The van der Waals surface area contributed by atoms with Crippen LogP contribution in [0, 0.1) is 20.9 Å². The number of nitrogens with one attached hydrogen (secondary N) is 2. The monoisotopic (exact) mass is 1090 g/mol. The second kappa shape index (κ2) is 24.8. The van der Waals surface area contributed by atoms with Gasteiger partial charge >= 0.3 is 25.9 Å². The Hall–Kier alpha value is -3.89. The minimum Gasteiger partial charge on any atom is -0.456 e. The van der Waals surface area contributed by atoms with E-state index in [0.717, 1.165) is 6.92 Å². The van der Waals surface area contributed by atoms with Crippen molar-refractivity contribution in [3.05, 3.63) is 47.0 Å². The van der Waals surface area contributed by atoms with Crippen molar-refractivity contribution >= 4 is 98.9 Å². The number of ether oxygens (including phenoxy) is 6. The second-order valence-electron chi connectivity index (χ2n) is 15.9. The summed E-state index contributed by atoms with van der Waals surface area (Å²) in [5.41, 5.74) is -0.641. The summed E-state index contributed by atoms with van der Waals surface area (Å²) in [5.74, 6) is -0.551. The topological polar surface area (TPSA) is 290 Å². The fourth-order valence-electron chi connectivity index (χ4n) is 5.84. The SMILES string of the molecule is CCC(C)(COCC(C)(C)CNC(=O)CCSSC(C)COC(=O)Oc1ccc([N+](=O)[O-])cc1)COP(=O)(O)OC[C@H]1O[C@@H](n2cnc3c(NI)ncnc32)[C@H](OC(C)=O)[C@@H]1OC(C)=O. The molecular formula is C38H53IN7O16PS2. The van der Waals surface area contributed by atoms with Gasteiger partial charge in [-0.05, 0) is 25.5 Å². The predicted octanol–water partition coefficient (Wildman–Crippen LogP) is 6.34. The molecule has 23 nitrogen and oxygen atoms in total. The van der Waals surface area contributed by atoms with Crippen LogP contribution in [0.1, 0.15) is 67.5 Å². The van der Waals surface area contributed by atoms with Gasteiger partial charge in [0.2, 0.25) is 5.91 Å². The smallest absolute Gasteiger partial charge is 0.456 e. The number of carbonyl (C=O) groups is 4. The number of anilines is 1. The van der Waals surface area contributed by atoms with E-state index in [-0.39, 0.29) is 55.4 Å². The second-order valence-corrected chi connectivity index (χ2v) is 20.8. The van der Waals surface area contributed by atoms with Crippen LogP contribution in [0.3, 0.4) is 0 Å². The fraction of sp³-hybridized carbons (Fsp3) is 0.605. The van der Waals surface area contributed by atoms with Gasteiger partial charge in [-0.2, -0.15) is 0 Å². The Kier molecular flexibility index (Phi) is 20.5. The highest BCUT2D eigenvalue weighted by Gasteiger charge is 2.51. The maximum absolute atomic E-state index is 13.2. The molecule has 1 amide bonds. The van der Waals surface area contributed by atoms with Crippen LogP contribution < -0.4 is 13.6 Å². The number of imidazole rings is 1. The van der Waals surface area contributed by atoms with E-state index in [1.165, 1.54) is 70.0 Å². The first-order chi connectivity index (χ1) is 30.6. The van der Waals surface area contributed by atoms with Crippen LogP contribution in [0.2, 0.25) is 0 Å². The van der Waals surface area contributed by atoms with E-state index in [2.05, 4.69) is 23.8 Å². The van der Waals surface area contributed by atoms with Crippen LogP contribution in [0.15, 0.2) is 36.9 Å². The molecule has 1 aliphatic rings. The van der Waals surface area contributed by atoms with Gasteiger partial charge in [-0.3, -0.25) is 38.1 Å². The number of halogens is 1. The molecule has 360 valence electrons. The van der Waals surface area contributed by atoms with Crippen LogP contribution in [0.4, 0.5) is 16.3 Å². The predicted molar refractivity (Wildman–Crippen MR) is 245 cm³/mol. The zero-order valence-corrected chi connectivity index (χ0v) is 41.3. The lowest BCUT2D eigenvalue weighted by molar-refractivity contribution is -0.384. The number of esters is 2. The summed E-state index contributed by atoms with van der Waals surface area (Å²) in [5, 5.41) is 13.6. The van der Waals surface area contributed by atoms with Gasteiger partial charge in [0.1, 0.15) is 24.8 Å². The van der Waals surface area contributed by atoms with E-state index in [4.69, 9.17) is 37.5 Å². The van der Waals surface area contributed by atoms with Crippen molar-refractivity contribution in [3.8, 4) is 5.75 Å². The molecule has 7 atom stereocenters. The molecule has 0 radical (unpaired) electrons. The molecule has 0 aliphatic carbocycles. The Labute approximate surface area is 396 Å². The molecule has 65 heavy (non-hydrogen) atoms. The van der Waals surface area contributed by atoms with Crippen molar-refractivity contribution in [2.24, 2.45) is 10.8 Å². The number of phosphoric acid groups is 1. The first-order valence-electron chi connectivity index (χ1n) is 20.0. The minimum absolute atomic E-state index is 0.0534. The van der Waals surface area contributed by atoms with Gasteiger partial charge in [-0.25, -0.2) is 24.3 Å². The molecule has 1 aliphatic heterocycles. The number of fused-ring (bicyclic) bond motifs is 1. The van der Waals surface area contributed by atoms with E-state index in [0.29, 0.717) is 35.7 Å². The van der Waals surface area contributed by atoms with E-state index in [9.17, 15) is 38.8 Å². The molecule has 3 N–H and O–H groups in total. The summed E-state index contributed by atoms with van der Waals surface area (Å²) in [7, 11) is -1.85. The zero-order valence-electron chi connectivity index (χ0n) is 36.7. The summed E-state index contributed by atoms with van der Waals surface area (Å²) in [6.45, 7) is 11.7. The van der Waals surface area contributed by atoms with E-state index in [1.54, 1.807) is 0 Å². The molecule has 0 spiro atoms. The number of hydrogen-bond acceptors (Lipinski definition) is 21. The third-order valence-electron chi connectivity index (χ3n) is 9.48. The van der Waals surface area contributed by atoms with Gasteiger partial charge in [0, 0.05) is 60.8 Å². The highest BCUT2D eigenvalue weighted by Crippen LogP contribution is 2.47. The maximum Gasteiger partial charge on any atom is 0.513 e. The number of rotatable bonds is 26. The Morgan fingerprint density at radius 3 is 2.38 bits per heavy atom. The van der Waals surface area contributed by atoms with Gasteiger partial charge in [-0.15, -0.1) is 0 Å². The Morgan fingerprint density at radius 1 is 1.05 bits per heavy atom. The largest absolute Gasteiger partial charge is 0.513 e. The molecule has 27 heteroatoms. The normalized spacial score (nSPS) is 19.6. The first-order valence-corrected chi connectivity index (χ1v) is 25.0. The quantitative estimate of drug-likeness (QED) is 0.00755. The van der Waals surface area contributed by atoms with Crippen molar-refractivity contribution in [1.29, 1.82) is 0 Å². The summed E-state index contributed by atoms with van der Waals surface area (Å²) < 4.78 is 61.8. The fourth-order valence-corrected chi connectivity index (χ4v) is 9.24. The van der Waals surface area contributed by atoms with Crippen LogP contribution >= 0.6 is 52.3 Å². The van der Waals surface area contributed by atoms with Crippen molar-refractivity contribution < 1.29 is 71.0 Å². The number of phosphoric ester groups is 1. The van der Waals surface area contributed by atoms with E-state index >= 15 is 0 Å². The zero-order chi connectivity index (χ0) is 48.0. The molecule has 2 aromatic heterocycles. The van der Waals surface area contributed by atoms with E-state index < -0.39 is 72.8 Å². The summed E-state index contributed by atoms with van der Waals surface area (Å²) in [6.07, 6.45) is -2.32. The van der Waals surface area contributed by atoms with E-state index in [1.807, 2.05) is 57.5 Å². The van der Waals surface area contributed by atoms with Crippen LogP contribution in [0.5, 0.6) is 5.75 Å². The first kappa shape index (κ1) is 53.7. The number of carbonyl (C=O) groups excluding carboxylic acids is 4. The summed E-state index contributed by atoms with van der Waals surface area (Å²) >= 11 is 1.89. The molecule has 1 aromatic carbocycles. The van der Waals surface area contributed by atoms with Gasteiger partial charge in [-0.1, -0.05) is 49.3 Å². The molecule has 3 aromatic rings. The summed E-state index contributed by atoms with van der Waals surface area (Å²) in [4.78, 5) is 82.7. The van der Waals surface area contributed by atoms with Crippen molar-refractivity contribution in [1.82, 2.24) is 24.8 Å². The Balaban J connectivity index is 1.18. The number of aromatic nitrogens is 4. The third-order valence-corrected chi connectivity index (χ3v) is 13.8. The van der Waals surface area contributed by atoms with Crippen molar-refractivity contribution in [2.45, 2.75) is 91.1 Å². The molecule has 0 saturated carbocycles. The molecule has 0 bridgehead atoms. The van der Waals surface area contributed by atoms with Gasteiger partial charge in [0.15, 0.2) is 35.4 Å². The highest BCUT2D eigenvalue weighted by molar-refractivity contribution is 14.1. The third kappa shape index (κ3) is 17.0. The number of amides is 1. The van der Waals surface area contributed by atoms with Crippen molar-refractivity contribution in [3.63, 3.8) is 0 Å². The van der Waals surface area contributed by atoms with Crippen LogP contribution in [-0.4, -0.2) is 122 Å². The molecule has 3 heterocycles. The Morgan fingerprint density at radius 2 is 1.74 bits per heavy atom. The minimum atomic E-state index is -4.74. The lowest BCUT2D eigenvalue weighted by atomic mass is 9.89. The van der Waals surface area contributed by atoms with Gasteiger partial charge in [0.05, 0.1) is 60.5 Å². The number of nitrogens with zero attached hydrogens (tertiary/aromatic N) is 5. The van der Waals surface area contributed by atoms with Crippen LogP contribution in [0.25, 0.3) is 11.2 Å². The Bertz CT molecular complexity index is 2160. The average molecular weight is 1090 g/mol. The van der Waals surface area contributed by atoms with Gasteiger partial charge in [0.25, 0.3) is 5.69 Å². The number of nitro benzene ring substituents is 1. The van der Waals surface area contributed by atoms with Gasteiger partial charge < -0.3 is 42.2 Å². The van der Waals surface area contributed by atoms with Crippen molar-refractivity contribution in [2.75, 3.05) is 48.9 Å². The highest BCUT2D eigenvalue weighted by atomic mass is 127. The molecule has 3 unspecified atom stereocenters. The standard InChI is InChI=1S/C38H53IN7O16PS2/c1-8-38(7,19-55-18-37(5,6)17-40-29(49)13-14-64-65-23(2)15-56-36(50)61-27-11-9-26(10-12-27)46(51)52)20-58-63(53,54)57-16-28-31(59-24(3)47)32(60-25(4)48)35(62-28)45-22-43-30-33(44-39)41-21-42-34(30)45/h9-12,21-23,28,31-32,35H,8,13-20H2,1-7H3,(H,40,49)(H,53,54)(H,41,42,44)/t23?,28-,31-,32-,35-,38?/m1/s1. The number of non-ortho nitro benzene ring substituents is 1.